The molecule has 2 N–H and O–H groups in total. The van der Waals surface area contributed by atoms with Crippen molar-refractivity contribution in [1.29, 1.82) is 0 Å². The highest BCUT2D eigenvalue weighted by molar-refractivity contribution is 6.30. The highest BCUT2D eigenvalue weighted by atomic mass is 35.5. The third kappa shape index (κ3) is 5.50. The topological polar surface area (TPSA) is 68.3 Å². The molecule has 0 atom stereocenters. The third-order valence-corrected chi connectivity index (χ3v) is 4.44. The number of benzene rings is 2. The standard InChI is InChI=1S/C21H23ClN4O2/c1-27-18-8-5-16(13-19(18)28-2)14-25-20-10-12-24-21(26-20)23-11-9-15-3-6-17(22)7-4-15/h3-8,10,12-13H,9,11,14H2,1-2H3,(H2,23,24,25,26). The number of hydrogen-bond donors (Lipinski definition) is 2. The first-order valence-corrected chi connectivity index (χ1v) is 9.32. The molecule has 0 fully saturated rings. The molecule has 3 aromatic rings. The average molecular weight is 399 g/mol. The van der Waals surface area contributed by atoms with Gasteiger partial charge in [0, 0.05) is 24.3 Å². The second-order valence-corrected chi connectivity index (χ2v) is 6.55. The van der Waals surface area contributed by atoms with Gasteiger partial charge in [-0.2, -0.15) is 4.98 Å². The maximum atomic E-state index is 5.91. The fourth-order valence-corrected chi connectivity index (χ4v) is 2.82. The van der Waals surface area contributed by atoms with E-state index in [0.717, 1.165) is 29.4 Å². The molecule has 0 spiro atoms. The van der Waals surface area contributed by atoms with E-state index in [2.05, 4.69) is 20.6 Å². The number of nitrogens with one attached hydrogen (secondary N) is 2. The Morgan fingerprint density at radius 3 is 2.39 bits per heavy atom. The number of methoxy groups -OCH3 is 2. The molecule has 28 heavy (non-hydrogen) atoms. The Hall–Kier alpha value is -2.99. The summed E-state index contributed by atoms with van der Waals surface area (Å²) in [4.78, 5) is 8.77. The first kappa shape index (κ1) is 19.8. The van der Waals surface area contributed by atoms with Crippen LogP contribution in [0.5, 0.6) is 11.5 Å². The minimum atomic E-state index is 0.589. The Morgan fingerprint density at radius 1 is 0.893 bits per heavy atom. The number of hydrogen-bond acceptors (Lipinski definition) is 6. The monoisotopic (exact) mass is 398 g/mol. The van der Waals surface area contributed by atoms with E-state index >= 15 is 0 Å². The van der Waals surface area contributed by atoms with E-state index in [4.69, 9.17) is 21.1 Å². The molecule has 1 heterocycles. The number of rotatable bonds is 9. The molecule has 0 aliphatic carbocycles. The van der Waals surface area contributed by atoms with Crippen LogP contribution in [0.2, 0.25) is 5.02 Å². The molecule has 0 saturated carbocycles. The van der Waals surface area contributed by atoms with Crippen molar-refractivity contribution in [1.82, 2.24) is 9.97 Å². The molecule has 0 aliphatic rings. The molecule has 3 rings (SSSR count). The first-order chi connectivity index (χ1) is 13.7. The number of anilines is 2. The van der Waals surface area contributed by atoms with Gasteiger partial charge in [0.25, 0.3) is 0 Å². The Balaban J connectivity index is 1.53. The highest BCUT2D eigenvalue weighted by Gasteiger charge is 2.05. The fourth-order valence-electron chi connectivity index (χ4n) is 2.70. The summed E-state index contributed by atoms with van der Waals surface area (Å²) < 4.78 is 10.6. The van der Waals surface area contributed by atoms with Gasteiger partial charge in [0.2, 0.25) is 5.95 Å². The molecule has 6 nitrogen and oxygen atoms in total. The minimum absolute atomic E-state index is 0.589. The van der Waals surface area contributed by atoms with E-state index in [1.54, 1.807) is 20.4 Å². The Labute approximate surface area is 169 Å². The van der Waals surface area contributed by atoms with Gasteiger partial charge in [-0.3, -0.25) is 0 Å². The molecular formula is C21H23ClN4O2. The molecule has 0 amide bonds. The largest absolute Gasteiger partial charge is 0.493 e. The van der Waals surface area contributed by atoms with E-state index < -0.39 is 0 Å². The van der Waals surface area contributed by atoms with Crippen molar-refractivity contribution in [2.75, 3.05) is 31.4 Å². The average Bonchev–Trinajstić information content (AvgIpc) is 2.74. The van der Waals surface area contributed by atoms with Crippen LogP contribution in [0.3, 0.4) is 0 Å². The zero-order chi connectivity index (χ0) is 19.8. The smallest absolute Gasteiger partial charge is 0.224 e. The van der Waals surface area contributed by atoms with E-state index in [1.165, 1.54) is 5.56 Å². The number of ether oxygens (including phenoxy) is 2. The van der Waals surface area contributed by atoms with E-state index in [0.29, 0.717) is 24.0 Å². The van der Waals surface area contributed by atoms with Crippen LogP contribution < -0.4 is 20.1 Å². The Kier molecular flexibility index (Phi) is 6.92. The summed E-state index contributed by atoms with van der Waals surface area (Å²) in [6.07, 6.45) is 2.60. The SMILES string of the molecule is COc1ccc(CNc2ccnc(NCCc3ccc(Cl)cc3)n2)cc1OC. The minimum Gasteiger partial charge on any atom is -0.493 e. The van der Waals surface area contributed by atoms with E-state index in [9.17, 15) is 0 Å². The lowest BCUT2D eigenvalue weighted by Gasteiger charge is -2.11. The first-order valence-electron chi connectivity index (χ1n) is 8.94. The van der Waals surface area contributed by atoms with Gasteiger partial charge in [-0.15, -0.1) is 0 Å². The maximum Gasteiger partial charge on any atom is 0.224 e. The molecule has 0 radical (unpaired) electrons. The zero-order valence-corrected chi connectivity index (χ0v) is 16.7. The molecule has 7 heteroatoms. The quantitative estimate of drug-likeness (QED) is 0.556. The van der Waals surface area contributed by atoms with Crippen LogP contribution in [0.1, 0.15) is 11.1 Å². The van der Waals surface area contributed by atoms with Gasteiger partial charge in [-0.05, 0) is 47.9 Å². The second kappa shape index (κ2) is 9.80. The summed E-state index contributed by atoms with van der Waals surface area (Å²) in [5.41, 5.74) is 2.27. The zero-order valence-electron chi connectivity index (χ0n) is 15.9. The summed E-state index contributed by atoms with van der Waals surface area (Å²) in [7, 11) is 3.25. The lowest BCUT2D eigenvalue weighted by molar-refractivity contribution is 0.354. The van der Waals surface area contributed by atoms with Gasteiger partial charge in [0.15, 0.2) is 11.5 Å². The third-order valence-electron chi connectivity index (χ3n) is 4.19. The van der Waals surface area contributed by atoms with Crippen LogP contribution in [-0.4, -0.2) is 30.7 Å². The Bertz CT molecular complexity index is 903. The molecule has 2 aromatic carbocycles. The molecule has 0 aliphatic heterocycles. The normalized spacial score (nSPS) is 10.4. The van der Waals surface area contributed by atoms with Crippen LogP contribution in [-0.2, 0) is 13.0 Å². The fraction of sp³-hybridized carbons (Fsp3) is 0.238. The van der Waals surface area contributed by atoms with Crippen molar-refractivity contribution in [3.05, 3.63) is 70.9 Å². The van der Waals surface area contributed by atoms with Gasteiger partial charge in [-0.25, -0.2) is 4.98 Å². The number of halogens is 1. The van der Waals surface area contributed by atoms with Gasteiger partial charge in [-0.1, -0.05) is 29.8 Å². The van der Waals surface area contributed by atoms with Gasteiger partial charge >= 0.3 is 0 Å². The number of nitrogens with zero attached hydrogens (tertiary/aromatic N) is 2. The lowest BCUT2D eigenvalue weighted by Crippen LogP contribution is -2.09. The second-order valence-electron chi connectivity index (χ2n) is 6.11. The van der Waals surface area contributed by atoms with Crippen molar-refractivity contribution in [2.45, 2.75) is 13.0 Å². The van der Waals surface area contributed by atoms with Crippen molar-refractivity contribution < 1.29 is 9.47 Å². The van der Waals surface area contributed by atoms with Crippen molar-refractivity contribution in [2.24, 2.45) is 0 Å². The summed E-state index contributed by atoms with van der Waals surface area (Å²) in [5.74, 6) is 2.75. The summed E-state index contributed by atoms with van der Waals surface area (Å²) in [6, 6.07) is 15.5. The van der Waals surface area contributed by atoms with E-state index in [1.807, 2.05) is 48.5 Å². The maximum absolute atomic E-state index is 5.91. The van der Waals surface area contributed by atoms with Crippen LogP contribution >= 0.6 is 11.6 Å². The van der Waals surface area contributed by atoms with Gasteiger partial charge in [0.05, 0.1) is 14.2 Å². The van der Waals surface area contributed by atoms with Crippen molar-refractivity contribution >= 4 is 23.4 Å². The summed E-state index contributed by atoms with van der Waals surface area (Å²) >= 11 is 5.91. The molecule has 0 saturated heterocycles. The highest BCUT2D eigenvalue weighted by Crippen LogP contribution is 2.27. The van der Waals surface area contributed by atoms with E-state index in [-0.39, 0.29) is 0 Å². The molecule has 0 bridgehead atoms. The van der Waals surface area contributed by atoms with Crippen molar-refractivity contribution in [3.63, 3.8) is 0 Å². The van der Waals surface area contributed by atoms with Crippen LogP contribution in [0.4, 0.5) is 11.8 Å². The lowest BCUT2D eigenvalue weighted by atomic mass is 10.1. The van der Waals surface area contributed by atoms with Gasteiger partial charge < -0.3 is 20.1 Å². The molecular weight excluding hydrogens is 376 g/mol. The Morgan fingerprint density at radius 2 is 1.64 bits per heavy atom. The predicted octanol–water partition coefficient (Wildman–Crippen LogP) is 4.41. The van der Waals surface area contributed by atoms with Crippen molar-refractivity contribution in [3.8, 4) is 11.5 Å². The molecule has 0 unspecified atom stereocenters. The van der Waals surface area contributed by atoms with Gasteiger partial charge in [0.1, 0.15) is 5.82 Å². The molecule has 1 aromatic heterocycles. The number of aromatic nitrogens is 2. The summed E-state index contributed by atoms with van der Waals surface area (Å²) in [5, 5.41) is 7.29. The molecule has 146 valence electrons. The predicted molar refractivity (Wildman–Crippen MR) is 113 cm³/mol. The van der Waals surface area contributed by atoms with Crippen LogP contribution in [0, 0.1) is 0 Å². The summed E-state index contributed by atoms with van der Waals surface area (Å²) in [6.45, 7) is 1.35. The van der Waals surface area contributed by atoms with Crippen LogP contribution in [0.15, 0.2) is 54.7 Å². The van der Waals surface area contributed by atoms with Crippen LogP contribution in [0.25, 0.3) is 0 Å².